The van der Waals surface area contributed by atoms with Gasteiger partial charge in [-0.2, -0.15) is 0 Å². The summed E-state index contributed by atoms with van der Waals surface area (Å²) in [4.78, 5) is 43.3. The van der Waals surface area contributed by atoms with Crippen molar-refractivity contribution < 1.29 is 24.1 Å². The molecule has 0 aliphatic carbocycles. The van der Waals surface area contributed by atoms with E-state index in [0.717, 1.165) is 5.56 Å². The Morgan fingerprint density at radius 3 is 1.70 bits per heavy atom. The van der Waals surface area contributed by atoms with E-state index in [1.54, 1.807) is 7.11 Å². The standard InChI is InChI=1S/C32H56N4O4/c1-21(2)34-30(39)25(20-40-11)28(23(4)22(3)24-14-18-33-19-15-24)29(35-26(37)12-16-31(5,6)7)36-27(38)13-17-32(8,9)10/h14-15,18-19,21-23,25,28-29H,12-13,16-17,20H2,1-11H3,(H,34,39)(H,35,37)(H,36,38)/p+1. The topological polar surface area (TPSA) is 111 Å². The van der Waals surface area contributed by atoms with Crippen molar-refractivity contribution in [2.75, 3.05) is 13.7 Å². The Bertz CT molecular complexity index is 889. The molecule has 0 aliphatic rings. The quantitative estimate of drug-likeness (QED) is 0.266. The SMILES string of the molecule is COCC(C(=O)NC(C)C)C(C(NC(=O)CCC(C)(C)C)NC(=O)CCC(C)(C)C)C(C)C(C)c1cc[nH+]cc1. The molecule has 228 valence electrons. The van der Waals surface area contributed by atoms with Crippen molar-refractivity contribution in [3.63, 3.8) is 0 Å². The predicted octanol–water partition coefficient (Wildman–Crippen LogP) is 4.85. The average molecular weight is 562 g/mol. The summed E-state index contributed by atoms with van der Waals surface area (Å²) in [7, 11) is 1.58. The summed E-state index contributed by atoms with van der Waals surface area (Å²) >= 11 is 0. The Morgan fingerprint density at radius 1 is 0.825 bits per heavy atom. The van der Waals surface area contributed by atoms with Gasteiger partial charge in [-0.3, -0.25) is 14.4 Å². The van der Waals surface area contributed by atoms with Crippen molar-refractivity contribution in [3.8, 4) is 0 Å². The molecule has 8 nitrogen and oxygen atoms in total. The van der Waals surface area contributed by atoms with Gasteiger partial charge in [0.15, 0.2) is 12.4 Å². The lowest BCUT2D eigenvalue weighted by atomic mass is 9.72. The molecule has 0 fully saturated rings. The Kier molecular flexibility index (Phi) is 14.3. The van der Waals surface area contributed by atoms with Crippen LogP contribution in [0.1, 0.15) is 106 Å². The Hall–Kier alpha value is -2.48. The summed E-state index contributed by atoms with van der Waals surface area (Å²) < 4.78 is 5.58. The normalized spacial score (nSPS) is 15.3. The number of nitrogens with one attached hydrogen (secondary N) is 4. The minimum absolute atomic E-state index is 0.00986. The minimum atomic E-state index is -0.745. The molecule has 1 aromatic rings. The van der Waals surface area contributed by atoms with Gasteiger partial charge in [0.2, 0.25) is 17.7 Å². The Balaban J connectivity index is 3.55. The maximum absolute atomic E-state index is 13.6. The maximum atomic E-state index is 13.6. The fourth-order valence-corrected chi connectivity index (χ4v) is 4.87. The van der Waals surface area contributed by atoms with Gasteiger partial charge in [-0.1, -0.05) is 55.4 Å². The van der Waals surface area contributed by atoms with Gasteiger partial charge in [-0.25, -0.2) is 4.98 Å². The Labute approximate surface area is 243 Å². The Morgan fingerprint density at radius 2 is 1.30 bits per heavy atom. The van der Waals surface area contributed by atoms with E-state index in [0.29, 0.717) is 25.7 Å². The van der Waals surface area contributed by atoms with Crippen LogP contribution in [0, 0.1) is 28.6 Å². The third-order valence-corrected chi connectivity index (χ3v) is 7.47. The highest BCUT2D eigenvalue weighted by atomic mass is 16.5. The zero-order valence-corrected chi connectivity index (χ0v) is 26.9. The molecule has 4 N–H and O–H groups in total. The van der Waals surface area contributed by atoms with E-state index in [2.05, 4.69) is 76.3 Å². The highest BCUT2D eigenvalue weighted by Gasteiger charge is 2.42. The van der Waals surface area contributed by atoms with Crippen LogP contribution in [0.2, 0.25) is 0 Å². The molecule has 1 aromatic heterocycles. The molecule has 0 bridgehead atoms. The number of carbonyl (C=O) groups is 3. The zero-order chi connectivity index (χ0) is 30.7. The summed E-state index contributed by atoms with van der Waals surface area (Å²) in [6.07, 6.45) is 5.08. The lowest BCUT2D eigenvalue weighted by Crippen LogP contribution is -2.59. The van der Waals surface area contributed by atoms with E-state index >= 15 is 0 Å². The number of carbonyl (C=O) groups excluding carboxylic acids is 3. The molecule has 40 heavy (non-hydrogen) atoms. The molecule has 4 atom stereocenters. The van der Waals surface area contributed by atoms with Crippen LogP contribution >= 0.6 is 0 Å². The second-order valence-electron chi connectivity index (χ2n) is 14.0. The summed E-state index contributed by atoms with van der Waals surface area (Å²) in [5.41, 5.74) is 1.09. The molecule has 0 aliphatic heterocycles. The van der Waals surface area contributed by atoms with Gasteiger partial charge in [-0.15, -0.1) is 0 Å². The second-order valence-corrected chi connectivity index (χ2v) is 14.0. The first-order valence-electron chi connectivity index (χ1n) is 14.8. The van der Waals surface area contributed by atoms with Gasteiger partial charge in [0.25, 0.3) is 0 Å². The molecule has 4 unspecified atom stereocenters. The number of aromatic nitrogens is 1. The van der Waals surface area contributed by atoms with Gasteiger partial charge in [0, 0.05) is 44.0 Å². The van der Waals surface area contributed by atoms with Crippen LogP contribution in [0.25, 0.3) is 0 Å². The van der Waals surface area contributed by atoms with E-state index < -0.39 is 18.0 Å². The van der Waals surface area contributed by atoms with Crippen LogP contribution in [-0.2, 0) is 19.1 Å². The highest BCUT2D eigenvalue weighted by Crippen LogP contribution is 2.36. The minimum Gasteiger partial charge on any atom is -0.384 e. The first kappa shape index (κ1) is 35.5. The highest BCUT2D eigenvalue weighted by molar-refractivity contribution is 5.81. The van der Waals surface area contributed by atoms with Crippen LogP contribution in [0.4, 0.5) is 0 Å². The van der Waals surface area contributed by atoms with Gasteiger partial charge in [0.1, 0.15) is 6.17 Å². The number of amides is 3. The summed E-state index contributed by atoms with van der Waals surface area (Å²) in [6.45, 7) is 20.8. The summed E-state index contributed by atoms with van der Waals surface area (Å²) in [5, 5.41) is 9.32. The number of hydrogen-bond acceptors (Lipinski definition) is 4. The number of ether oxygens (including phenoxy) is 1. The van der Waals surface area contributed by atoms with Crippen LogP contribution in [0.15, 0.2) is 24.5 Å². The molecule has 0 aromatic carbocycles. The van der Waals surface area contributed by atoms with Crippen LogP contribution < -0.4 is 20.9 Å². The van der Waals surface area contributed by atoms with Crippen LogP contribution in [-0.4, -0.2) is 43.6 Å². The predicted molar refractivity (Wildman–Crippen MR) is 160 cm³/mol. The monoisotopic (exact) mass is 561 g/mol. The second kappa shape index (κ2) is 16.1. The lowest BCUT2D eigenvalue weighted by molar-refractivity contribution is -0.378. The van der Waals surface area contributed by atoms with E-state index in [1.165, 1.54) is 0 Å². The van der Waals surface area contributed by atoms with E-state index in [9.17, 15) is 14.4 Å². The lowest BCUT2D eigenvalue weighted by Gasteiger charge is -2.40. The third kappa shape index (κ3) is 13.2. The molecule has 1 heterocycles. The molecule has 0 spiro atoms. The van der Waals surface area contributed by atoms with Crippen LogP contribution in [0.3, 0.4) is 0 Å². The van der Waals surface area contributed by atoms with Gasteiger partial charge in [-0.05, 0) is 54.9 Å². The van der Waals surface area contributed by atoms with Crippen molar-refractivity contribution in [3.05, 3.63) is 30.1 Å². The number of rotatable bonds is 15. The smallest absolute Gasteiger partial charge is 0.226 e. The maximum Gasteiger partial charge on any atom is 0.226 e. The van der Waals surface area contributed by atoms with Crippen molar-refractivity contribution in [2.24, 2.45) is 28.6 Å². The largest absolute Gasteiger partial charge is 0.384 e. The average Bonchev–Trinajstić information content (AvgIpc) is 2.84. The number of H-pyrrole nitrogens is 1. The molecule has 1 rings (SSSR count). The zero-order valence-electron chi connectivity index (χ0n) is 26.9. The number of methoxy groups -OCH3 is 1. The van der Waals surface area contributed by atoms with Gasteiger partial charge >= 0.3 is 0 Å². The van der Waals surface area contributed by atoms with Crippen molar-refractivity contribution >= 4 is 17.7 Å². The molecule has 0 saturated heterocycles. The summed E-state index contributed by atoms with van der Waals surface area (Å²) in [6, 6.07) is 3.98. The fraction of sp³-hybridized carbons (Fsp3) is 0.750. The van der Waals surface area contributed by atoms with Crippen molar-refractivity contribution in [1.82, 2.24) is 16.0 Å². The van der Waals surface area contributed by atoms with Crippen LogP contribution in [0.5, 0.6) is 0 Å². The summed E-state index contributed by atoms with van der Waals surface area (Å²) in [5.74, 6) is -1.54. The number of hydrogen-bond donors (Lipinski definition) is 3. The molecular weight excluding hydrogens is 504 g/mol. The van der Waals surface area contributed by atoms with E-state index in [1.807, 2.05) is 38.4 Å². The number of aromatic amines is 1. The molecule has 0 saturated carbocycles. The van der Waals surface area contributed by atoms with Gasteiger partial charge in [0.05, 0.1) is 12.5 Å². The first-order chi connectivity index (χ1) is 18.4. The van der Waals surface area contributed by atoms with Crippen molar-refractivity contribution in [2.45, 2.75) is 113 Å². The molecule has 3 amide bonds. The fourth-order valence-electron chi connectivity index (χ4n) is 4.87. The molecular formula is C32H57N4O4+. The van der Waals surface area contributed by atoms with Gasteiger partial charge < -0.3 is 20.7 Å². The van der Waals surface area contributed by atoms with Crippen molar-refractivity contribution in [1.29, 1.82) is 0 Å². The van der Waals surface area contributed by atoms with E-state index in [4.69, 9.17) is 4.74 Å². The van der Waals surface area contributed by atoms with E-state index in [-0.39, 0.29) is 53.0 Å². The first-order valence-corrected chi connectivity index (χ1v) is 14.8. The number of pyridine rings is 1. The molecule has 8 heteroatoms. The molecule has 0 radical (unpaired) electrons. The third-order valence-electron chi connectivity index (χ3n) is 7.47.